The number of methoxy groups -OCH3 is 1. The van der Waals surface area contributed by atoms with Gasteiger partial charge in [-0.2, -0.15) is 0 Å². The Balaban J connectivity index is 2.85. The summed E-state index contributed by atoms with van der Waals surface area (Å²) in [6, 6.07) is 6.06. The van der Waals surface area contributed by atoms with Crippen LogP contribution in [0.2, 0.25) is 0 Å². The van der Waals surface area contributed by atoms with Crippen LogP contribution in [0.25, 0.3) is 0 Å². The first-order chi connectivity index (χ1) is 8.72. The van der Waals surface area contributed by atoms with E-state index in [0.29, 0.717) is 13.0 Å². The van der Waals surface area contributed by atoms with E-state index in [0.717, 1.165) is 23.6 Å². The van der Waals surface area contributed by atoms with Crippen LogP contribution in [0.4, 0.5) is 0 Å². The van der Waals surface area contributed by atoms with Crippen molar-refractivity contribution in [2.24, 2.45) is 0 Å². The number of nitrogens with one attached hydrogen (secondary N) is 1. The van der Waals surface area contributed by atoms with Gasteiger partial charge in [-0.1, -0.05) is 13.0 Å². The number of aliphatic hydroxyl groups is 1. The van der Waals surface area contributed by atoms with E-state index in [4.69, 9.17) is 14.6 Å². The van der Waals surface area contributed by atoms with E-state index in [9.17, 15) is 0 Å². The predicted octanol–water partition coefficient (Wildman–Crippen LogP) is 2.13. The monoisotopic (exact) mass is 253 g/mol. The molecule has 0 saturated carbocycles. The van der Waals surface area contributed by atoms with E-state index in [2.05, 4.69) is 19.2 Å². The third-order valence-electron chi connectivity index (χ3n) is 2.76. The van der Waals surface area contributed by atoms with E-state index < -0.39 is 0 Å². The molecule has 0 aromatic heterocycles. The normalized spacial score (nSPS) is 12.2. The minimum atomic E-state index is 0.141. The molecule has 18 heavy (non-hydrogen) atoms. The fourth-order valence-electron chi connectivity index (χ4n) is 1.79. The highest BCUT2D eigenvalue weighted by Gasteiger charge is 2.12. The van der Waals surface area contributed by atoms with Crippen LogP contribution in [-0.4, -0.2) is 32.0 Å². The van der Waals surface area contributed by atoms with Crippen molar-refractivity contribution in [2.45, 2.75) is 26.3 Å². The summed E-state index contributed by atoms with van der Waals surface area (Å²) in [5, 5.41) is 12.2. The summed E-state index contributed by atoms with van der Waals surface area (Å²) in [4.78, 5) is 0. The van der Waals surface area contributed by atoms with Crippen LogP contribution in [0.3, 0.4) is 0 Å². The molecule has 0 bridgehead atoms. The van der Waals surface area contributed by atoms with Crippen molar-refractivity contribution >= 4 is 0 Å². The van der Waals surface area contributed by atoms with Crippen LogP contribution in [-0.2, 0) is 0 Å². The van der Waals surface area contributed by atoms with Gasteiger partial charge < -0.3 is 19.9 Å². The van der Waals surface area contributed by atoms with Gasteiger partial charge in [0.1, 0.15) is 11.5 Å². The quantitative estimate of drug-likeness (QED) is 0.697. The second-order valence-electron chi connectivity index (χ2n) is 4.11. The molecule has 1 aromatic rings. The summed E-state index contributed by atoms with van der Waals surface area (Å²) in [6.45, 7) is 5.73. The van der Waals surface area contributed by atoms with Crippen LogP contribution in [0, 0.1) is 0 Å². The van der Waals surface area contributed by atoms with Crippen molar-refractivity contribution < 1.29 is 14.6 Å². The van der Waals surface area contributed by atoms with Gasteiger partial charge >= 0.3 is 0 Å². The van der Waals surface area contributed by atoms with Crippen LogP contribution >= 0.6 is 0 Å². The number of rotatable bonds is 8. The Bertz CT molecular complexity index is 355. The maximum absolute atomic E-state index is 8.79. The van der Waals surface area contributed by atoms with Gasteiger partial charge in [0.15, 0.2) is 0 Å². The van der Waals surface area contributed by atoms with Gasteiger partial charge in [-0.05, 0) is 19.5 Å². The third kappa shape index (κ3) is 4.20. The lowest BCUT2D eigenvalue weighted by Crippen LogP contribution is -2.18. The van der Waals surface area contributed by atoms with Crippen molar-refractivity contribution in [1.29, 1.82) is 0 Å². The molecule has 2 N–H and O–H groups in total. The average Bonchev–Trinajstić information content (AvgIpc) is 2.39. The molecule has 0 fully saturated rings. The lowest BCUT2D eigenvalue weighted by molar-refractivity contribution is 0.231. The second-order valence-corrected chi connectivity index (χ2v) is 4.11. The van der Waals surface area contributed by atoms with Crippen molar-refractivity contribution in [3.63, 3.8) is 0 Å². The Morgan fingerprint density at radius 1 is 1.39 bits per heavy atom. The molecule has 0 aliphatic heterocycles. The van der Waals surface area contributed by atoms with Crippen molar-refractivity contribution in [2.75, 3.05) is 26.9 Å². The molecule has 1 atom stereocenters. The summed E-state index contributed by atoms with van der Waals surface area (Å²) < 4.78 is 10.9. The zero-order valence-corrected chi connectivity index (χ0v) is 11.4. The first kappa shape index (κ1) is 14.8. The molecule has 1 aromatic carbocycles. The lowest BCUT2D eigenvalue weighted by Gasteiger charge is -2.18. The smallest absolute Gasteiger partial charge is 0.127 e. The largest absolute Gasteiger partial charge is 0.497 e. The summed E-state index contributed by atoms with van der Waals surface area (Å²) in [5.74, 6) is 1.60. The highest BCUT2D eigenvalue weighted by molar-refractivity contribution is 5.42. The van der Waals surface area contributed by atoms with Gasteiger partial charge in [-0.3, -0.25) is 0 Å². The highest BCUT2D eigenvalue weighted by Crippen LogP contribution is 2.29. The Hall–Kier alpha value is -1.26. The molecule has 0 aliphatic rings. The van der Waals surface area contributed by atoms with E-state index >= 15 is 0 Å². The molecule has 0 heterocycles. The van der Waals surface area contributed by atoms with Gasteiger partial charge in [0.05, 0.1) is 13.7 Å². The Morgan fingerprint density at radius 2 is 2.17 bits per heavy atom. The first-order valence-electron chi connectivity index (χ1n) is 6.37. The lowest BCUT2D eigenvalue weighted by atomic mass is 10.1. The number of benzene rings is 1. The number of ether oxygens (including phenoxy) is 2. The molecule has 0 amide bonds. The van der Waals surface area contributed by atoms with E-state index in [1.807, 2.05) is 18.2 Å². The zero-order chi connectivity index (χ0) is 13.4. The van der Waals surface area contributed by atoms with Gasteiger partial charge in [0.2, 0.25) is 0 Å². The fraction of sp³-hybridized carbons (Fsp3) is 0.571. The molecule has 0 saturated heterocycles. The third-order valence-corrected chi connectivity index (χ3v) is 2.76. The van der Waals surface area contributed by atoms with Crippen molar-refractivity contribution in [3.8, 4) is 11.5 Å². The Morgan fingerprint density at radius 3 is 2.78 bits per heavy atom. The minimum Gasteiger partial charge on any atom is -0.497 e. The number of aliphatic hydroxyl groups excluding tert-OH is 1. The van der Waals surface area contributed by atoms with Crippen LogP contribution in [0.15, 0.2) is 18.2 Å². The molecule has 4 nitrogen and oxygen atoms in total. The second kappa shape index (κ2) is 7.95. The summed E-state index contributed by atoms with van der Waals surface area (Å²) in [6.07, 6.45) is 0.631. The van der Waals surface area contributed by atoms with Gasteiger partial charge in [0, 0.05) is 30.7 Å². The van der Waals surface area contributed by atoms with E-state index in [1.54, 1.807) is 7.11 Å². The molecule has 4 heteroatoms. The topological polar surface area (TPSA) is 50.7 Å². The van der Waals surface area contributed by atoms with Crippen LogP contribution < -0.4 is 14.8 Å². The molecular formula is C14H23NO3. The molecule has 1 rings (SSSR count). The summed E-state index contributed by atoms with van der Waals surface area (Å²) in [5.41, 5.74) is 1.11. The maximum Gasteiger partial charge on any atom is 0.127 e. The molecule has 102 valence electrons. The van der Waals surface area contributed by atoms with Crippen LogP contribution in [0.1, 0.15) is 31.9 Å². The van der Waals surface area contributed by atoms with Gasteiger partial charge in [-0.25, -0.2) is 0 Å². The van der Waals surface area contributed by atoms with Gasteiger partial charge in [-0.15, -0.1) is 0 Å². The molecular weight excluding hydrogens is 230 g/mol. The number of hydrogen-bond donors (Lipinski definition) is 2. The fourth-order valence-corrected chi connectivity index (χ4v) is 1.79. The van der Waals surface area contributed by atoms with E-state index in [1.165, 1.54) is 0 Å². The van der Waals surface area contributed by atoms with E-state index in [-0.39, 0.29) is 12.6 Å². The number of hydrogen-bond acceptors (Lipinski definition) is 4. The summed E-state index contributed by atoms with van der Waals surface area (Å²) in [7, 11) is 1.64. The van der Waals surface area contributed by atoms with Crippen LogP contribution in [0.5, 0.6) is 11.5 Å². The maximum atomic E-state index is 8.79. The first-order valence-corrected chi connectivity index (χ1v) is 6.37. The summed E-state index contributed by atoms with van der Waals surface area (Å²) >= 11 is 0. The van der Waals surface area contributed by atoms with Gasteiger partial charge in [0.25, 0.3) is 0 Å². The SMILES string of the molecule is CCNC(C)c1ccc(OC)cc1OCCCO. The standard InChI is InChI=1S/C14H23NO3/c1-4-15-11(2)13-7-6-12(17-3)10-14(13)18-9-5-8-16/h6-7,10-11,15-16H,4-5,8-9H2,1-3H3. The average molecular weight is 253 g/mol. The van der Waals surface area contributed by atoms with Crippen molar-refractivity contribution in [1.82, 2.24) is 5.32 Å². The molecule has 1 unspecified atom stereocenters. The molecule has 0 radical (unpaired) electrons. The highest BCUT2D eigenvalue weighted by atomic mass is 16.5. The molecule has 0 aliphatic carbocycles. The molecule has 0 spiro atoms. The Kier molecular flexibility index (Phi) is 6.54. The predicted molar refractivity (Wildman–Crippen MR) is 72.3 cm³/mol. The Labute approximate surface area is 109 Å². The zero-order valence-electron chi connectivity index (χ0n) is 11.4. The van der Waals surface area contributed by atoms with Crippen molar-refractivity contribution in [3.05, 3.63) is 23.8 Å². The minimum absolute atomic E-state index is 0.141.